The molecule has 5 aromatic carbocycles. The quantitative estimate of drug-likeness (QED) is 0.140. The summed E-state index contributed by atoms with van der Waals surface area (Å²) in [7, 11) is 0. The predicted molar refractivity (Wildman–Crippen MR) is 188 cm³/mol. The number of aryl methyl sites for hydroxylation is 3. The summed E-state index contributed by atoms with van der Waals surface area (Å²) in [6, 6.07) is 44.4. The SMILES string of the molecule is C=Cc1ccc(N(c2ccc(CCCC)cc2)c2ccc(N(c3ccc(C)cc3)c3ccc(CCCC)cc3)cc2)cc1. The Hall–Kier alpha value is -4.56. The average molecular weight is 565 g/mol. The maximum atomic E-state index is 3.94. The largest absolute Gasteiger partial charge is 0.311 e. The average Bonchev–Trinajstić information content (AvgIpc) is 3.06. The highest BCUT2D eigenvalue weighted by atomic mass is 15.2. The van der Waals surface area contributed by atoms with Crippen LogP contribution in [0.1, 0.15) is 61.8 Å². The summed E-state index contributed by atoms with van der Waals surface area (Å²) in [6.45, 7) is 10.6. The van der Waals surface area contributed by atoms with Crippen molar-refractivity contribution in [2.75, 3.05) is 9.80 Å². The molecule has 0 spiro atoms. The van der Waals surface area contributed by atoms with Crippen LogP contribution in [-0.4, -0.2) is 0 Å². The minimum absolute atomic E-state index is 1.11. The molecule has 0 radical (unpaired) electrons. The molecule has 2 heteroatoms. The summed E-state index contributed by atoms with van der Waals surface area (Å²) >= 11 is 0. The van der Waals surface area contributed by atoms with E-state index in [4.69, 9.17) is 0 Å². The third kappa shape index (κ3) is 7.45. The second-order valence-corrected chi connectivity index (χ2v) is 11.4. The fourth-order valence-electron chi connectivity index (χ4n) is 5.48. The molecule has 218 valence electrons. The standard InChI is InChI=1S/C41H44N2/c1-5-8-10-34-16-24-38(25-17-34)42(36-20-12-32(4)13-21-36)40-28-30-41(31-29-40)43(37-22-14-33(7-3)15-23-37)39-26-18-35(19-27-39)11-9-6-2/h7,12-31H,3,5-6,8-11H2,1-2,4H3. The molecule has 0 amide bonds. The van der Waals surface area contributed by atoms with Gasteiger partial charge in [-0.15, -0.1) is 0 Å². The van der Waals surface area contributed by atoms with Gasteiger partial charge in [0.2, 0.25) is 0 Å². The van der Waals surface area contributed by atoms with Crippen LogP contribution in [0.2, 0.25) is 0 Å². The molecule has 43 heavy (non-hydrogen) atoms. The molecular formula is C41H44N2. The van der Waals surface area contributed by atoms with E-state index in [2.05, 4.69) is 158 Å². The molecule has 5 aromatic rings. The molecule has 0 bridgehead atoms. The summed E-state index contributed by atoms with van der Waals surface area (Å²) < 4.78 is 0. The van der Waals surface area contributed by atoms with Gasteiger partial charge in [-0.2, -0.15) is 0 Å². The van der Waals surface area contributed by atoms with Crippen molar-refractivity contribution in [3.63, 3.8) is 0 Å². The zero-order valence-electron chi connectivity index (χ0n) is 26.0. The summed E-state index contributed by atoms with van der Waals surface area (Å²) in [5.41, 5.74) is 12.0. The molecule has 0 aliphatic rings. The van der Waals surface area contributed by atoms with E-state index in [1.807, 2.05) is 6.08 Å². The molecular weight excluding hydrogens is 520 g/mol. The molecule has 0 heterocycles. The molecule has 0 fully saturated rings. The van der Waals surface area contributed by atoms with Gasteiger partial charge in [-0.1, -0.05) is 93.4 Å². The molecule has 0 aliphatic carbocycles. The van der Waals surface area contributed by atoms with Crippen molar-refractivity contribution in [1.82, 2.24) is 0 Å². The van der Waals surface area contributed by atoms with Gasteiger partial charge < -0.3 is 9.80 Å². The first-order valence-corrected chi connectivity index (χ1v) is 15.8. The second kappa shape index (κ2) is 14.6. The Kier molecular flexibility index (Phi) is 10.1. The molecule has 0 unspecified atom stereocenters. The highest BCUT2D eigenvalue weighted by molar-refractivity contribution is 5.81. The van der Waals surface area contributed by atoms with E-state index in [0.29, 0.717) is 0 Å². The Balaban J connectivity index is 1.52. The maximum Gasteiger partial charge on any atom is 0.0463 e. The van der Waals surface area contributed by atoms with Gasteiger partial charge in [0, 0.05) is 34.1 Å². The number of benzene rings is 5. The van der Waals surface area contributed by atoms with E-state index in [1.54, 1.807) is 0 Å². The van der Waals surface area contributed by atoms with Crippen LogP contribution in [0.5, 0.6) is 0 Å². The highest BCUT2D eigenvalue weighted by Gasteiger charge is 2.16. The van der Waals surface area contributed by atoms with Gasteiger partial charge in [-0.05, 0) is 122 Å². The Morgan fingerprint density at radius 1 is 0.465 bits per heavy atom. The minimum atomic E-state index is 1.11. The summed E-state index contributed by atoms with van der Waals surface area (Å²) in [6.07, 6.45) is 8.98. The van der Waals surface area contributed by atoms with Crippen LogP contribution in [0.4, 0.5) is 34.1 Å². The monoisotopic (exact) mass is 564 g/mol. The van der Waals surface area contributed by atoms with Crippen LogP contribution < -0.4 is 9.80 Å². The Morgan fingerprint density at radius 2 is 0.767 bits per heavy atom. The van der Waals surface area contributed by atoms with Crippen LogP contribution in [0.25, 0.3) is 6.08 Å². The van der Waals surface area contributed by atoms with Crippen molar-refractivity contribution in [1.29, 1.82) is 0 Å². The van der Waals surface area contributed by atoms with Crippen LogP contribution in [-0.2, 0) is 12.8 Å². The van der Waals surface area contributed by atoms with E-state index in [9.17, 15) is 0 Å². The topological polar surface area (TPSA) is 6.48 Å². The third-order valence-electron chi connectivity index (χ3n) is 8.07. The molecule has 0 aromatic heterocycles. The lowest BCUT2D eigenvalue weighted by atomic mass is 10.1. The number of rotatable bonds is 13. The summed E-state index contributed by atoms with van der Waals surface area (Å²) in [5, 5.41) is 0. The zero-order valence-corrected chi connectivity index (χ0v) is 26.0. The zero-order chi connectivity index (χ0) is 30.0. The maximum absolute atomic E-state index is 3.94. The highest BCUT2D eigenvalue weighted by Crippen LogP contribution is 2.39. The van der Waals surface area contributed by atoms with Gasteiger partial charge in [0.05, 0.1) is 0 Å². The predicted octanol–water partition coefficient (Wildman–Crippen LogP) is 12.3. The van der Waals surface area contributed by atoms with Gasteiger partial charge in [-0.25, -0.2) is 0 Å². The van der Waals surface area contributed by atoms with Gasteiger partial charge >= 0.3 is 0 Å². The van der Waals surface area contributed by atoms with Crippen molar-refractivity contribution in [2.24, 2.45) is 0 Å². The number of unbranched alkanes of at least 4 members (excludes halogenated alkanes) is 2. The van der Waals surface area contributed by atoms with Crippen LogP contribution >= 0.6 is 0 Å². The molecule has 0 atom stereocenters. The van der Waals surface area contributed by atoms with Crippen molar-refractivity contribution in [3.8, 4) is 0 Å². The lowest BCUT2D eigenvalue weighted by Crippen LogP contribution is -2.12. The third-order valence-corrected chi connectivity index (χ3v) is 8.07. The van der Waals surface area contributed by atoms with Gasteiger partial charge in [0.1, 0.15) is 0 Å². The molecule has 0 aliphatic heterocycles. The van der Waals surface area contributed by atoms with E-state index in [1.165, 1.54) is 42.4 Å². The fourth-order valence-corrected chi connectivity index (χ4v) is 5.48. The van der Waals surface area contributed by atoms with Gasteiger partial charge in [0.25, 0.3) is 0 Å². The van der Waals surface area contributed by atoms with Crippen LogP contribution in [0.15, 0.2) is 128 Å². The first-order valence-electron chi connectivity index (χ1n) is 15.8. The minimum Gasteiger partial charge on any atom is -0.311 e. The second-order valence-electron chi connectivity index (χ2n) is 11.4. The van der Waals surface area contributed by atoms with E-state index >= 15 is 0 Å². The number of hydrogen-bond donors (Lipinski definition) is 0. The molecule has 0 saturated heterocycles. The Morgan fingerprint density at radius 3 is 1.09 bits per heavy atom. The lowest BCUT2D eigenvalue weighted by molar-refractivity contribution is 0.795. The fraction of sp³-hybridized carbons (Fsp3) is 0.220. The lowest BCUT2D eigenvalue weighted by Gasteiger charge is -2.28. The smallest absolute Gasteiger partial charge is 0.0463 e. The normalized spacial score (nSPS) is 10.9. The van der Waals surface area contributed by atoms with E-state index in [-0.39, 0.29) is 0 Å². The summed E-state index contributed by atoms with van der Waals surface area (Å²) in [5.74, 6) is 0. The number of anilines is 6. The Bertz CT molecular complexity index is 1560. The van der Waals surface area contributed by atoms with E-state index < -0.39 is 0 Å². The first-order chi connectivity index (χ1) is 21.1. The van der Waals surface area contributed by atoms with Crippen LogP contribution in [0.3, 0.4) is 0 Å². The first kappa shape index (κ1) is 29.9. The Labute approximate surface area is 259 Å². The van der Waals surface area contributed by atoms with Crippen molar-refractivity contribution in [3.05, 3.63) is 150 Å². The van der Waals surface area contributed by atoms with Gasteiger partial charge in [-0.3, -0.25) is 0 Å². The van der Waals surface area contributed by atoms with Crippen molar-refractivity contribution >= 4 is 40.2 Å². The van der Waals surface area contributed by atoms with Gasteiger partial charge in [0.15, 0.2) is 0 Å². The number of hydrogen-bond acceptors (Lipinski definition) is 2. The van der Waals surface area contributed by atoms with E-state index in [0.717, 1.165) is 52.5 Å². The molecule has 0 N–H and O–H groups in total. The van der Waals surface area contributed by atoms with Crippen molar-refractivity contribution < 1.29 is 0 Å². The van der Waals surface area contributed by atoms with Crippen LogP contribution in [0, 0.1) is 6.92 Å². The molecule has 2 nitrogen and oxygen atoms in total. The molecule has 5 rings (SSSR count). The van der Waals surface area contributed by atoms with Crippen molar-refractivity contribution in [2.45, 2.75) is 59.3 Å². The summed E-state index contributed by atoms with van der Waals surface area (Å²) in [4.78, 5) is 4.68. The molecule has 0 saturated carbocycles. The number of nitrogens with zero attached hydrogens (tertiary/aromatic N) is 2.